The summed E-state index contributed by atoms with van der Waals surface area (Å²) in [6, 6.07) is 3.85. The topological polar surface area (TPSA) is 105 Å². The third-order valence-corrected chi connectivity index (χ3v) is 2.53. The summed E-state index contributed by atoms with van der Waals surface area (Å²) in [6.45, 7) is 0. The SMILES string of the molecule is O=C(Nc1cc([N+](=O)[O-])ccc1O)c1ccnc(F)c1F. The third-order valence-electron chi connectivity index (χ3n) is 2.53. The molecule has 2 rings (SSSR count). The van der Waals surface area contributed by atoms with E-state index in [0.717, 1.165) is 30.5 Å². The van der Waals surface area contributed by atoms with Crippen LogP contribution in [0.3, 0.4) is 0 Å². The number of aromatic hydroxyl groups is 1. The van der Waals surface area contributed by atoms with Crippen molar-refractivity contribution >= 4 is 17.3 Å². The van der Waals surface area contributed by atoms with Crippen LogP contribution in [-0.4, -0.2) is 20.9 Å². The van der Waals surface area contributed by atoms with Crippen molar-refractivity contribution in [2.45, 2.75) is 0 Å². The van der Waals surface area contributed by atoms with Crippen molar-refractivity contribution in [1.29, 1.82) is 0 Å². The van der Waals surface area contributed by atoms with E-state index >= 15 is 0 Å². The maximum absolute atomic E-state index is 13.4. The fourth-order valence-electron chi connectivity index (χ4n) is 1.52. The highest BCUT2D eigenvalue weighted by Gasteiger charge is 2.18. The first kappa shape index (κ1) is 14.3. The first-order valence-corrected chi connectivity index (χ1v) is 5.49. The number of benzene rings is 1. The summed E-state index contributed by atoms with van der Waals surface area (Å²) in [4.78, 5) is 24.7. The van der Waals surface area contributed by atoms with Crippen molar-refractivity contribution in [2.75, 3.05) is 5.32 Å². The number of halogens is 2. The van der Waals surface area contributed by atoms with Gasteiger partial charge in [0.1, 0.15) is 5.75 Å². The number of nitro benzene ring substituents is 1. The van der Waals surface area contributed by atoms with Crippen molar-refractivity contribution in [3.05, 3.63) is 57.9 Å². The molecule has 1 aromatic carbocycles. The lowest BCUT2D eigenvalue weighted by molar-refractivity contribution is -0.384. The molecule has 0 radical (unpaired) electrons. The van der Waals surface area contributed by atoms with E-state index in [1.54, 1.807) is 0 Å². The van der Waals surface area contributed by atoms with Crippen LogP contribution in [0.5, 0.6) is 5.75 Å². The number of amides is 1. The van der Waals surface area contributed by atoms with Crippen LogP contribution in [0.15, 0.2) is 30.5 Å². The molecule has 0 bridgehead atoms. The van der Waals surface area contributed by atoms with Crippen LogP contribution in [0, 0.1) is 21.9 Å². The number of carbonyl (C=O) groups excluding carboxylic acids is 1. The van der Waals surface area contributed by atoms with Gasteiger partial charge in [-0.25, -0.2) is 9.37 Å². The molecule has 7 nitrogen and oxygen atoms in total. The molecule has 9 heteroatoms. The second kappa shape index (κ2) is 5.49. The van der Waals surface area contributed by atoms with E-state index in [1.165, 1.54) is 0 Å². The first-order chi connectivity index (χ1) is 9.90. The molecular formula is C12H7F2N3O4. The highest BCUT2D eigenvalue weighted by Crippen LogP contribution is 2.28. The molecule has 21 heavy (non-hydrogen) atoms. The summed E-state index contributed by atoms with van der Waals surface area (Å²) in [5.74, 6) is -4.45. The largest absolute Gasteiger partial charge is 0.506 e. The second-order valence-electron chi connectivity index (χ2n) is 3.88. The van der Waals surface area contributed by atoms with Gasteiger partial charge >= 0.3 is 0 Å². The summed E-state index contributed by atoms with van der Waals surface area (Å²) in [6.07, 6.45) is 0.890. The van der Waals surface area contributed by atoms with Gasteiger partial charge in [0.2, 0.25) is 5.95 Å². The van der Waals surface area contributed by atoms with Gasteiger partial charge in [-0.3, -0.25) is 14.9 Å². The Kier molecular flexibility index (Phi) is 3.74. The van der Waals surface area contributed by atoms with Crippen LogP contribution in [0.2, 0.25) is 0 Å². The molecule has 1 aromatic heterocycles. The number of nitrogens with one attached hydrogen (secondary N) is 1. The van der Waals surface area contributed by atoms with Crippen LogP contribution in [0.1, 0.15) is 10.4 Å². The minimum atomic E-state index is -1.46. The smallest absolute Gasteiger partial charge is 0.271 e. The zero-order chi connectivity index (χ0) is 15.6. The average molecular weight is 295 g/mol. The van der Waals surface area contributed by atoms with Crippen molar-refractivity contribution in [3.63, 3.8) is 0 Å². The number of nitrogens with zero attached hydrogens (tertiary/aromatic N) is 2. The fraction of sp³-hybridized carbons (Fsp3) is 0. The molecule has 0 saturated heterocycles. The number of rotatable bonds is 3. The second-order valence-corrected chi connectivity index (χ2v) is 3.88. The van der Waals surface area contributed by atoms with Gasteiger partial charge in [-0.05, 0) is 12.1 Å². The van der Waals surface area contributed by atoms with Crippen molar-refractivity contribution < 1.29 is 23.6 Å². The van der Waals surface area contributed by atoms with Gasteiger partial charge < -0.3 is 10.4 Å². The first-order valence-electron chi connectivity index (χ1n) is 5.49. The molecule has 0 aliphatic heterocycles. The van der Waals surface area contributed by atoms with Crippen molar-refractivity contribution in [2.24, 2.45) is 0 Å². The Morgan fingerprint density at radius 2 is 2.05 bits per heavy atom. The van der Waals surface area contributed by atoms with Gasteiger partial charge in [0.25, 0.3) is 11.6 Å². The number of carbonyl (C=O) groups is 1. The maximum Gasteiger partial charge on any atom is 0.271 e. The summed E-state index contributed by atoms with van der Waals surface area (Å²) in [5.41, 5.74) is -1.33. The summed E-state index contributed by atoms with van der Waals surface area (Å²) in [5, 5.41) is 22.2. The lowest BCUT2D eigenvalue weighted by Crippen LogP contribution is -2.15. The van der Waals surface area contributed by atoms with Crippen LogP contribution >= 0.6 is 0 Å². The lowest BCUT2D eigenvalue weighted by atomic mass is 10.2. The van der Waals surface area contributed by atoms with E-state index in [-0.39, 0.29) is 11.4 Å². The Morgan fingerprint density at radius 1 is 1.33 bits per heavy atom. The standard InChI is InChI=1S/C12H7F2N3O4/c13-10-7(3-4-15-11(10)14)12(19)16-8-5-6(17(20)21)1-2-9(8)18/h1-5,18H,(H,16,19). The molecule has 2 aromatic rings. The lowest BCUT2D eigenvalue weighted by Gasteiger charge is -2.07. The molecule has 1 amide bonds. The number of aromatic nitrogens is 1. The van der Waals surface area contributed by atoms with E-state index in [2.05, 4.69) is 10.3 Å². The molecule has 0 fully saturated rings. The fourth-order valence-corrected chi connectivity index (χ4v) is 1.52. The summed E-state index contributed by atoms with van der Waals surface area (Å²) in [7, 11) is 0. The molecule has 0 aliphatic rings. The molecule has 0 saturated carbocycles. The van der Waals surface area contributed by atoms with Gasteiger partial charge in [0, 0.05) is 18.3 Å². The number of pyridine rings is 1. The molecule has 0 spiro atoms. The minimum absolute atomic E-state index is 0.300. The quantitative estimate of drug-likeness (QED) is 0.391. The van der Waals surface area contributed by atoms with E-state index < -0.39 is 33.9 Å². The zero-order valence-electron chi connectivity index (χ0n) is 10.2. The Bertz CT molecular complexity index is 736. The molecule has 2 N–H and O–H groups in total. The number of phenolic OH excluding ortho intramolecular Hbond substituents is 1. The molecule has 0 atom stereocenters. The number of nitro groups is 1. The van der Waals surface area contributed by atoms with E-state index in [1.807, 2.05) is 0 Å². The van der Waals surface area contributed by atoms with Gasteiger partial charge in [0.05, 0.1) is 16.2 Å². The van der Waals surface area contributed by atoms with Crippen LogP contribution < -0.4 is 5.32 Å². The normalized spacial score (nSPS) is 10.2. The molecule has 108 valence electrons. The summed E-state index contributed by atoms with van der Waals surface area (Å²) >= 11 is 0. The number of hydrogen-bond donors (Lipinski definition) is 2. The number of hydrogen-bond acceptors (Lipinski definition) is 5. The van der Waals surface area contributed by atoms with E-state index in [0.29, 0.717) is 0 Å². The molecule has 0 unspecified atom stereocenters. The Balaban J connectivity index is 2.33. The number of non-ortho nitro benzene ring substituents is 1. The van der Waals surface area contributed by atoms with Crippen LogP contribution in [0.25, 0.3) is 0 Å². The van der Waals surface area contributed by atoms with Gasteiger partial charge in [-0.15, -0.1) is 0 Å². The Hall–Kier alpha value is -3.10. The Labute approximate surface area is 116 Å². The van der Waals surface area contributed by atoms with Crippen molar-refractivity contribution in [1.82, 2.24) is 4.98 Å². The van der Waals surface area contributed by atoms with Crippen molar-refractivity contribution in [3.8, 4) is 5.75 Å². The summed E-state index contributed by atoms with van der Waals surface area (Å²) < 4.78 is 26.3. The molecule has 1 heterocycles. The van der Waals surface area contributed by atoms with E-state index in [4.69, 9.17) is 0 Å². The predicted octanol–water partition coefficient (Wildman–Crippen LogP) is 2.23. The highest BCUT2D eigenvalue weighted by atomic mass is 19.2. The third kappa shape index (κ3) is 2.91. The van der Waals surface area contributed by atoms with Crippen LogP contribution in [0.4, 0.5) is 20.2 Å². The number of phenols is 1. The predicted molar refractivity (Wildman–Crippen MR) is 66.9 cm³/mol. The Morgan fingerprint density at radius 3 is 2.71 bits per heavy atom. The monoisotopic (exact) mass is 295 g/mol. The van der Waals surface area contributed by atoms with E-state index in [9.17, 15) is 28.8 Å². The van der Waals surface area contributed by atoms with Gasteiger partial charge in [-0.1, -0.05) is 0 Å². The van der Waals surface area contributed by atoms with Gasteiger partial charge in [0.15, 0.2) is 5.82 Å². The molecule has 0 aliphatic carbocycles. The zero-order valence-corrected chi connectivity index (χ0v) is 10.2. The van der Waals surface area contributed by atoms with Gasteiger partial charge in [-0.2, -0.15) is 4.39 Å². The van der Waals surface area contributed by atoms with Crippen LogP contribution in [-0.2, 0) is 0 Å². The average Bonchev–Trinajstić information content (AvgIpc) is 2.43. The number of anilines is 1. The maximum atomic E-state index is 13.4. The highest BCUT2D eigenvalue weighted by molar-refractivity contribution is 6.05. The molecular weight excluding hydrogens is 288 g/mol. The minimum Gasteiger partial charge on any atom is -0.506 e.